The first-order valence-electron chi connectivity index (χ1n) is 10.8. The number of nitrogens with zero attached hydrogens (tertiary/aromatic N) is 3. The molecule has 0 aliphatic carbocycles. The molecule has 4 rings (SSSR count). The number of aryl methyl sites for hydroxylation is 1. The SMILES string of the molecule is Cc1csc(-c2cc(S(=O)(=O)Nc3ccc(C(C)C)cc3)cn2CC(=O)N2CCCC2)n1. The quantitative estimate of drug-likeness (QED) is 0.550. The molecule has 1 aliphatic heterocycles. The number of carbonyl (C=O) groups excluding carboxylic acids is 1. The molecule has 1 amide bonds. The molecule has 1 fully saturated rings. The highest BCUT2D eigenvalue weighted by molar-refractivity contribution is 7.92. The van der Waals surface area contributed by atoms with E-state index in [-0.39, 0.29) is 17.3 Å². The molecule has 0 saturated carbocycles. The Kier molecular flexibility index (Phi) is 6.39. The van der Waals surface area contributed by atoms with Crippen LogP contribution in [0.25, 0.3) is 10.7 Å². The number of thiazole rings is 1. The lowest BCUT2D eigenvalue weighted by atomic mass is 10.0. The molecule has 0 spiro atoms. The van der Waals surface area contributed by atoms with E-state index in [0.29, 0.717) is 22.3 Å². The Morgan fingerprint density at radius 1 is 1.19 bits per heavy atom. The summed E-state index contributed by atoms with van der Waals surface area (Å²) in [7, 11) is -3.82. The van der Waals surface area contributed by atoms with Crippen molar-refractivity contribution in [3.63, 3.8) is 0 Å². The van der Waals surface area contributed by atoms with Gasteiger partial charge in [-0.05, 0) is 49.4 Å². The van der Waals surface area contributed by atoms with E-state index >= 15 is 0 Å². The fraction of sp³-hybridized carbons (Fsp3) is 0.391. The third-order valence-corrected chi connectivity index (χ3v) is 7.94. The normalized spacial score (nSPS) is 14.3. The minimum atomic E-state index is -3.82. The Hall–Kier alpha value is -2.65. The van der Waals surface area contributed by atoms with Gasteiger partial charge < -0.3 is 9.47 Å². The van der Waals surface area contributed by atoms with Crippen molar-refractivity contribution in [1.82, 2.24) is 14.5 Å². The summed E-state index contributed by atoms with van der Waals surface area (Å²) < 4.78 is 30.6. The third kappa shape index (κ3) is 4.88. The van der Waals surface area contributed by atoms with E-state index in [9.17, 15) is 13.2 Å². The Morgan fingerprint density at radius 2 is 1.88 bits per heavy atom. The van der Waals surface area contributed by atoms with Crippen LogP contribution in [0.2, 0.25) is 0 Å². The minimum Gasteiger partial charge on any atom is -0.341 e. The average Bonchev–Trinajstić information content (AvgIpc) is 3.49. The van der Waals surface area contributed by atoms with Crippen molar-refractivity contribution in [2.24, 2.45) is 0 Å². The third-order valence-electron chi connectivity index (χ3n) is 5.61. The summed E-state index contributed by atoms with van der Waals surface area (Å²) in [6, 6.07) is 8.98. The van der Waals surface area contributed by atoms with Crippen LogP contribution >= 0.6 is 11.3 Å². The van der Waals surface area contributed by atoms with Gasteiger partial charge in [0.1, 0.15) is 16.4 Å². The van der Waals surface area contributed by atoms with E-state index in [4.69, 9.17) is 0 Å². The van der Waals surface area contributed by atoms with E-state index in [0.717, 1.165) is 37.2 Å². The number of benzene rings is 1. The number of likely N-dealkylation sites (tertiary alicyclic amines) is 1. The molecule has 3 heterocycles. The molecule has 0 bridgehead atoms. The topological polar surface area (TPSA) is 84.3 Å². The number of rotatable bonds is 7. The molecule has 32 heavy (non-hydrogen) atoms. The van der Waals surface area contributed by atoms with E-state index in [2.05, 4.69) is 23.6 Å². The molecule has 0 atom stereocenters. The molecule has 9 heteroatoms. The monoisotopic (exact) mass is 472 g/mol. The minimum absolute atomic E-state index is 0.00573. The Bertz CT molecular complexity index is 1200. The molecule has 2 aromatic heterocycles. The van der Waals surface area contributed by atoms with Crippen LogP contribution < -0.4 is 4.72 Å². The van der Waals surface area contributed by atoms with Crippen LogP contribution in [0.3, 0.4) is 0 Å². The summed E-state index contributed by atoms with van der Waals surface area (Å²) in [5.41, 5.74) is 3.13. The maximum atomic E-state index is 13.1. The van der Waals surface area contributed by atoms with Gasteiger partial charge in [0.2, 0.25) is 5.91 Å². The number of amides is 1. The number of anilines is 1. The number of carbonyl (C=O) groups is 1. The van der Waals surface area contributed by atoms with Crippen molar-refractivity contribution in [3.05, 3.63) is 53.2 Å². The fourth-order valence-electron chi connectivity index (χ4n) is 3.77. The van der Waals surface area contributed by atoms with E-state index < -0.39 is 10.0 Å². The van der Waals surface area contributed by atoms with Gasteiger partial charge in [-0.2, -0.15) is 0 Å². The van der Waals surface area contributed by atoms with Crippen LogP contribution in [-0.2, 0) is 21.4 Å². The maximum Gasteiger partial charge on any atom is 0.263 e. The number of sulfonamides is 1. The largest absolute Gasteiger partial charge is 0.341 e. The molecule has 1 aromatic carbocycles. The average molecular weight is 473 g/mol. The summed E-state index contributed by atoms with van der Waals surface area (Å²) >= 11 is 1.44. The highest BCUT2D eigenvalue weighted by atomic mass is 32.2. The number of hydrogen-bond acceptors (Lipinski definition) is 5. The second-order valence-corrected chi connectivity index (χ2v) is 11.0. The molecule has 1 aliphatic rings. The van der Waals surface area contributed by atoms with E-state index in [1.165, 1.54) is 17.5 Å². The zero-order chi connectivity index (χ0) is 22.9. The van der Waals surface area contributed by atoms with Gasteiger partial charge in [-0.1, -0.05) is 26.0 Å². The Labute approximate surface area is 193 Å². The summed E-state index contributed by atoms with van der Waals surface area (Å²) in [6.45, 7) is 7.67. The van der Waals surface area contributed by atoms with Crippen molar-refractivity contribution >= 4 is 33.0 Å². The Balaban J connectivity index is 1.64. The number of aromatic nitrogens is 2. The molecule has 170 valence electrons. The lowest BCUT2D eigenvalue weighted by molar-refractivity contribution is -0.130. The predicted octanol–water partition coefficient (Wildman–Crippen LogP) is 4.47. The van der Waals surface area contributed by atoms with E-state index in [1.54, 1.807) is 22.8 Å². The van der Waals surface area contributed by atoms with Crippen LogP contribution in [0.15, 0.2) is 46.8 Å². The molecular formula is C23H28N4O3S2. The number of nitrogens with one attached hydrogen (secondary N) is 1. The van der Waals surface area contributed by atoms with Crippen LogP contribution in [0.1, 0.15) is 43.9 Å². The summed E-state index contributed by atoms with van der Waals surface area (Å²) in [4.78, 5) is 19.2. The smallest absolute Gasteiger partial charge is 0.263 e. The second kappa shape index (κ2) is 9.07. The summed E-state index contributed by atoms with van der Waals surface area (Å²) in [6.07, 6.45) is 3.55. The van der Waals surface area contributed by atoms with Gasteiger partial charge in [0, 0.05) is 36.0 Å². The first kappa shape index (κ1) is 22.5. The van der Waals surface area contributed by atoms with Crippen molar-refractivity contribution < 1.29 is 13.2 Å². The van der Waals surface area contributed by atoms with Crippen molar-refractivity contribution in [2.45, 2.75) is 51.0 Å². The van der Waals surface area contributed by atoms with Crippen LogP contribution in [0.4, 0.5) is 5.69 Å². The van der Waals surface area contributed by atoms with Gasteiger partial charge in [0.05, 0.1) is 5.69 Å². The van der Waals surface area contributed by atoms with Gasteiger partial charge in [-0.15, -0.1) is 11.3 Å². The molecule has 3 aromatic rings. The highest BCUT2D eigenvalue weighted by Gasteiger charge is 2.24. The zero-order valence-corrected chi connectivity index (χ0v) is 20.2. The molecule has 1 saturated heterocycles. The fourth-order valence-corrected chi connectivity index (χ4v) is 5.70. The first-order chi connectivity index (χ1) is 15.2. The second-order valence-electron chi connectivity index (χ2n) is 8.45. The van der Waals surface area contributed by atoms with Crippen LogP contribution in [0.5, 0.6) is 0 Å². The van der Waals surface area contributed by atoms with Gasteiger partial charge in [0.25, 0.3) is 10.0 Å². The van der Waals surface area contributed by atoms with Crippen molar-refractivity contribution in [3.8, 4) is 10.7 Å². The molecule has 1 N–H and O–H groups in total. The predicted molar refractivity (Wildman–Crippen MR) is 127 cm³/mol. The first-order valence-corrected chi connectivity index (χ1v) is 13.1. The lowest BCUT2D eigenvalue weighted by Gasteiger charge is -2.16. The van der Waals surface area contributed by atoms with Crippen molar-refractivity contribution in [2.75, 3.05) is 17.8 Å². The van der Waals surface area contributed by atoms with Crippen LogP contribution in [-0.4, -0.2) is 41.9 Å². The summed E-state index contributed by atoms with van der Waals surface area (Å²) in [5, 5.41) is 2.61. The van der Waals surface area contributed by atoms with Crippen LogP contribution in [0, 0.1) is 6.92 Å². The standard InChI is InChI=1S/C23H28N4O3S2/c1-16(2)18-6-8-19(9-7-18)25-32(29,30)20-12-21(23-24-17(3)15-31-23)27(13-20)14-22(28)26-10-4-5-11-26/h6-9,12-13,15-16,25H,4-5,10-11,14H2,1-3H3. The Morgan fingerprint density at radius 3 is 2.47 bits per heavy atom. The molecule has 0 unspecified atom stereocenters. The molecule has 7 nitrogen and oxygen atoms in total. The molecule has 0 radical (unpaired) electrons. The van der Waals surface area contributed by atoms with Gasteiger partial charge in [-0.25, -0.2) is 13.4 Å². The maximum absolute atomic E-state index is 13.1. The van der Waals surface area contributed by atoms with Gasteiger partial charge in [0.15, 0.2) is 0 Å². The number of hydrogen-bond donors (Lipinski definition) is 1. The zero-order valence-electron chi connectivity index (χ0n) is 18.5. The van der Waals surface area contributed by atoms with Gasteiger partial charge in [-0.3, -0.25) is 9.52 Å². The van der Waals surface area contributed by atoms with Crippen molar-refractivity contribution in [1.29, 1.82) is 0 Å². The summed E-state index contributed by atoms with van der Waals surface area (Å²) in [5.74, 6) is 0.362. The lowest BCUT2D eigenvalue weighted by Crippen LogP contribution is -2.31. The van der Waals surface area contributed by atoms with Gasteiger partial charge >= 0.3 is 0 Å². The van der Waals surface area contributed by atoms with E-state index in [1.807, 2.05) is 29.3 Å². The molecular weight excluding hydrogens is 444 g/mol. The highest BCUT2D eigenvalue weighted by Crippen LogP contribution is 2.29.